The molecule has 1 fully saturated rings. The molecule has 2 rings (SSSR count). The summed E-state index contributed by atoms with van der Waals surface area (Å²) in [6.45, 7) is 0.862. The SMILES string of the molecule is COc1ccc(OC)c(S(=O)(=O)NC[C@H]2CO2)c1. The van der Waals surface area contributed by atoms with Crippen LogP contribution in [0.2, 0.25) is 0 Å². The number of hydrogen-bond donors (Lipinski definition) is 1. The number of epoxide rings is 1. The summed E-state index contributed by atoms with van der Waals surface area (Å²) in [6.07, 6.45) is -0.0172. The van der Waals surface area contributed by atoms with Crippen molar-refractivity contribution in [3.05, 3.63) is 18.2 Å². The van der Waals surface area contributed by atoms with Gasteiger partial charge in [0.25, 0.3) is 0 Å². The highest BCUT2D eigenvalue weighted by Gasteiger charge is 2.27. The number of sulfonamides is 1. The fourth-order valence-corrected chi connectivity index (χ4v) is 2.71. The maximum Gasteiger partial charge on any atom is 0.244 e. The Morgan fingerprint density at radius 2 is 2.11 bits per heavy atom. The van der Waals surface area contributed by atoms with E-state index in [-0.39, 0.29) is 23.3 Å². The van der Waals surface area contributed by atoms with Crippen molar-refractivity contribution < 1.29 is 22.6 Å². The first-order chi connectivity index (χ1) is 8.56. The van der Waals surface area contributed by atoms with E-state index in [4.69, 9.17) is 14.2 Å². The van der Waals surface area contributed by atoms with E-state index >= 15 is 0 Å². The molecular weight excluding hydrogens is 258 g/mol. The quantitative estimate of drug-likeness (QED) is 0.758. The van der Waals surface area contributed by atoms with E-state index < -0.39 is 10.0 Å². The average molecular weight is 273 g/mol. The predicted molar refractivity (Wildman–Crippen MR) is 64.5 cm³/mol. The molecule has 18 heavy (non-hydrogen) atoms. The van der Waals surface area contributed by atoms with Crippen molar-refractivity contribution in [2.45, 2.75) is 11.0 Å². The zero-order chi connectivity index (χ0) is 13.2. The molecule has 1 aromatic carbocycles. The lowest BCUT2D eigenvalue weighted by Crippen LogP contribution is -2.28. The summed E-state index contributed by atoms with van der Waals surface area (Å²) in [5, 5.41) is 0. The first-order valence-corrected chi connectivity index (χ1v) is 6.88. The van der Waals surface area contributed by atoms with E-state index in [2.05, 4.69) is 4.72 Å². The van der Waals surface area contributed by atoms with Gasteiger partial charge in [0.2, 0.25) is 10.0 Å². The van der Waals surface area contributed by atoms with Crippen LogP contribution in [-0.4, -0.2) is 41.9 Å². The minimum Gasteiger partial charge on any atom is -0.497 e. The van der Waals surface area contributed by atoms with Crippen LogP contribution in [0.4, 0.5) is 0 Å². The van der Waals surface area contributed by atoms with Crippen LogP contribution in [-0.2, 0) is 14.8 Å². The van der Waals surface area contributed by atoms with Crippen LogP contribution in [0.25, 0.3) is 0 Å². The second kappa shape index (κ2) is 5.13. The Bertz CT molecular complexity index is 524. The number of methoxy groups -OCH3 is 2. The van der Waals surface area contributed by atoms with Gasteiger partial charge in [0, 0.05) is 12.6 Å². The van der Waals surface area contributed by atoms with Crippen molar-refractivity contribution in [1.82, 2.24) is 4.72 Å². The molecule has 7 heteroatoms. The molecule has 1 N–H and O–H groups in total. The van der Waals surface area contributed by atoms with Gasteiger partial charge >= 0.3 is 0 Å². The molecule has 1 aliphatic heterocycles. The van der Waals surface area contributed by atoms with Crippen LogP contribution in [0, 0.1) is 0 Å². The Balaban J connectivity index is 2.27. The highest BCUT2D eigenvalue weighted by atomic mass is 32.2. The van der Waals surface area contributed by atoms with Crippen LogP contribution in [0.3, 0.4) is 0 Å². The van der Waals surface area contributed by atoms with Crippen LogP contribution in [0.5, 0.6) is 11.5 Å². The first kappa shape index (κ1) is 13.1. The highest BCUT2D eigenvalue weighted by Crippen LogP contribution is 2.28. The molecule has 0 spiro atoms. The summed E-state index contributed by atoms with van der Waals surface area (Å²) in [4.78, 5) is 0.0602. The molecule has 0 aliphatic carbocycles. The van der Waals surface area contributed by atoms with Gasteiger partial charge in [-0.1, -0.05) is 0 Å². The van der Waals surface area contributed by atoms with Crippen LogP contribution >= 0.6 is 0 Å². The minimum absolute atomic E-state index is 0.0172. The monoisotopic (exact) mass is 273 g/mol. The van der Waals surface area contributed by atoms with Crippen molar-refractivity contribution in [3.8, 4) is 11.5 Å². The van der Waals surface area contributed by atoms with Crippen molar-refractivity contribution in [2.75, 3.05) is 27.4 Å². The van der Waals surface area contributed by atoms with Gasteiger partial charge in [0.1, 0.15) is 16.4 Å². The van der Waals surface area contributed by atoms with E-state index in [1.165, 1.54) is 20.3 Å². The molecule has 1 atom stereocenters. The molecular formula is C11H15NO5S. The zero-order valence-electron chi connectivity index (χ0n) is 10.2. The summed E-state index contributed by atoms with van der Waals surface area (Å²) in [7, 11) is -0.728. The molecule has 0 amide bonds. The second-order valence-corrected chi connectivity index (χ2v) is 5.56. The van der Waals surface area contributed by atoms with Crippen molar-refractivity contribution in [1.29, 1.82) is 0 Å². The van der Waals surface area contributed by atoms with Gasteiger partial charge in [-0.25, -0.2) is 13.1 Å². The number of rotatable bonds is 6. The number of hydrogen-bond acceptors (Lipinski definition) is 5. The highest BCUT2D eigenvalue weighted by molar-refractivity contribution is 7.89. The standard InChI is InChI=1S/C11H15NO5S/c1-15-8-3-4-10(16-2)11(5-8)18(13,14)12-6-9-7-17-9/h3-5,9,12H,6-7H2,1-2H3/t9-/m0/s1. The Morgan fingerprint density at radius 3 is 2.67 bits per heavy atom. The normalized spacial score (nSPS) is 18.4. The molecule has 1 saturated heterocycles. The lowest BCUT2D eigenvalue weighted by molar-refractivity contribution is 0.390. The first-order valence-electron chi connectivity index (χ1n) is 5.40. The number of nitrogens with one attached hydrogen (secondary N) is 1. The van der Waals surface area contributed by atoms with E-state index in [0.29, 0.717) is 12.4 Å². The number of ether oxygens (including phenoxy) is 3. The Hall–Kier alpha value is -1.31. The third-order valence-corrected chi connectivity index (χ3v) is 4.01. The molecule has 6 nitrogen and oxygen atoms in total. The molecule has 0 saturated carbocycles. The van der Waals surface area contributed by atoms with Gasteiger partial charge in [0.15, 0.2) is 0 Å². The second-order valence-electron chi connectivity index (χ2n) is 3.82. The van der Waals surface area contributed by atoms with Crippen molar-refractivity contribution in [3.63, 3.8) is 0 Å². The topological polar surface area (TPSA) is 77.2 Å². The smallest absolute Gasteiger partial charge is 0.244 e. The van der Waals surface area contributed by atoms with Gasteiger partial charge in [-0.3, -0.25) is 0 Å². The largest absolute Gasteiger partial charge is 0.497 e. The van der Waals surface area contributed by atoms with Gasteiger partial charge in [-0.2, -0.15) is 0 Å². The molecule has 1 heterocycles. The van der Waals surface area contributed by atoms with Gasteiger partial charge < -0.3 is 14.2 Å². The van der Waals surface area contributed by atoms with E-state index in [0.717, 1.165) is 0 Å². The van der Waals surface area contributed by atoms with Crippen molar-refractivity contribution in [2.24, 2.45) is 0 Å². The van der Waals surface area contributed by atoms with Gasteiger partial charge in [-0.15, -0.1) is 0 Å². The van der Waals surface area contributed by atoms with Crippen LogP contribution in [0.1, 0.15) is 0 Å². The minimum atomic E-state index is -3.63. The third-order valence-electron chi connectivity index (χ3n) is 2.56. The summed E-state index contributed by atoms with van der Waals surface area (Å²) >= 11 is 0. The third kappa shape index (κ3) is 2.92. The lowest BCUT2D eigenvalue weighted by atomic mass is 10.3. The van der Waals surface area contributed by atoms with Gasteiger partial charge in [0.05, 0.1) is 26.9 Å². The lowest BCUT2D eigenvalue weighted by Gasteiger charge is -2.11. The Labute approximate surface area is 106 Å². The Morgan fingerprint density at radius 1 is 1.39 bits per heavy atom. The molecule has 0 unspecified atom stereocenters. The van der Waals surface area contributed by atoms with Gasteiger partial charge in [-0.05, 0) is 12.1 Å². The summed E-state index contributed by atoms with van der Waals surface area (Å²) in [6, 6.07) is 4.62. The molecule has 100 valence electrons. The maximum absolute atomic E-state index is 12.1. The number of benzene rings is 1. The zero-order valence-corrected chi connectivity index (χ0v) is 11.0. The fraction of sp³-hybridized carbons (Fsp3) is 0.455. The van der Waals surface area contributed by atoms with Crippen LogP contribution in [0.15, 0.2) is 23.1 Å². The van der Waals surface area contributed by atoms with Crippen LogP contribution < -0.4 is 14.2 Å². The molecule has 1 aliphatic rings. The van der Waals surface area contributed by atoms with E-state index in [1.807, 2.05) is 0 Å². The van der Waals surface area contributed by atoms with Crippen molar-refractivity contribution >= 4 is 10.0 Å². The summed E-state index contributed by atoms with van der Waals surface area (Å²) in [5.74, 6) is 0.735. The van der Waals surface area contributed by atoms with E-state index in [9.17, 15) is 8.42 Å². The summed E-state index contributed by atoms with van der Waals surface area (Å²) in [5.41, 5.74) is 0. The molecule has 0 aromatic heterocycles. The summed E-state index contributed by atoms with van der Waals surface area (Å²) < 4.78 is 41.7. The maximum atomic E-state index is 12.1. The molecule has 0 bridgehead atoms. The predicted octanol–water partition coefficient (Wildman–Crippen LogP) is 0.381. The Kier molecular flexibility index (Phi) is 3.74. The molecule has 1 aromatic rings. The fourth-order valence-electron chi connectivity index (χ4n) is 1.46. The van der Waals surface area contributed by atoms with E-state index in [1.54, 1.807) is 12.1 Å². The average Bonchev–Trinajstić information content (AvgIpc) is 3.19. The molecule has 0 radical (unpaired) electrons.